The molecule has 3 N–H and O–H groups in total. The number of nitrogens with zero attached hydrogens (tertiary/aromatic N) is 3. The van der Waals surface area contributed by atoms with Crippen LogP contribution < -0.4 is 11.1 Å². The fourth-order valence-corrected chi connectivity index (χ4v) is 2.15. The predicted molar refractivity (Wildman–Crippen MR) is 75.7 cm³/mol. The van der Waals surface area contributed by atoms with Gasteiger partial charge in [0.1, 0.15) is 5.82 Å². The smallest absolute Gasteiger partial charge is 0.149 e. The highest BCUT2D eigenvalue weighted by Crippen LogP contribution is 2.12. The summed E-state index contributed by atoms with van der Waals surface area (Å²) in [4.78, 5) is 9.11. The fourth-order valence-electron chi connectivity index (χ4n) is 2.15. The molecule has 0 spiro atoms. The van der Waals surface area contributed by atoms with Gasteiger partial charge in [-0.25, -0.2) is 4.98 Å². The third-order valence-corrected chi connectivity index (χ3v) is 3.38. The van der Waals surface area contributed by atoms with Crippen LogP contribution in [0.3, 0.4) is 0 Å². The molecule has 5 heteroatoms. The van der Waals surface area contributed by atoms with Crippen LogP contribution in [-0.2, 0) is 0 Å². The predicted octanol–water partition coefficient (Wildman–Crippen LogP) is 0.713. The minimum atomic E-state index is 0.720. The molecule has 1 aromatic heterocycles. The van der Waals surface area contributed by atoms with Crippen LogP contribution in [-0.4, -0.2) is 61.1 Å². The van der Waals surface area contributed by atoms with Crippen molar-refractivity contribution in [3.05, 3.63) is 18.3 Å². The molecule has 2 rings (SSSR count). The summed E-state index contributed by atoms with van der Waals surface area (Å²) in [6, 6.07) is 3.72. The summed E-state index contributed by atoms with van der Waals surface area (Å²) in [6.45, 7) is 6.80. The molecule has 100 valence electrons. The summed E-state index contributed by atoms with van der Waals surface area (Å²) < 4.78 is 0. The Kier molecular flexibility index (Phi) is 4.78. The molecule has 1 saturated heterocycles. The van der Waals surface area contributed by atoms with Gasteiger partial charge in [0.05, 0.1) is 5.69 Å². The highest BCUT2D eigenvalue weighted by atomic mass is 15.2. The molecule has 1 aliphatic rings. The Morgan fingerprint density at radius 2 is 2.11 bits per heavy atom. The molecule has 1 aromatic rings. The molecule has 5 nitrogen and oxygen atoms in total. The van der Waals surface area contributed by atoms with Crippen molar-refractivity contribution in [3.8, 4) is 0 Å². The van der Waals surface area contributed by atoms with Crippen molar-refractivity contribution in [1.82, 2.24) is 14.8 Å². The van der Waals surface area contributed by atoms with Crippen LogP contribution in [0.25, 0.3) is 0 Å². The number of pyridine rings is 1. The van der Waals surface area contributed by atoms with Gasteiger partial charge in [0.2, 0.25) is 0 Å². The van der Waals surface area contributed by atoms with Crippen LogP contribution in [0.1, 0.15) is 6.42 Å². The Hall–Kier alpha value is -1.33. The molecule has 1 fully saturated rings. The minimum Gasteiger partial charge on any atom is -0.396 e. The summed E-state index contributed by atoms with van der Waals surface area (Å²) in [5.41, 5.74) is 6.54. The summed E-state index contributed by atoms with van der Waals surface area (Å²) in [6.07, 6.45) is 2.89. The van der Waals surface area contributed by atoms with Crippen molar-refractivity contribution in [2.24, 2.45) is 0 Å². The lowest BCUT2D eigenvalue weighted by atomic mass is 10.3. The summed E-state index contributed by atoms with van der Waals surface area (Å²) in [7, 11) is 2.18. The number of aromatic nitrogens is 1. The van der Waals surface area contributed by atoms with Gasteiger partial charge in [-0.05, 0) is 32.1 Å². The number of piperazine rings is 1. The maximum Gasteiger partial charge on any atom is 0.149 e. The van der Waals surface area contributed by atoms with Crippen LogP contribution in [0, 0.1) is 0 Å². The highest BCUT2D eigenvalue weighted by molar-refractivity contribution is 5.60. The average molecular weight is 249 g/mol. The zero-order valence-corrected chi connectivity index (χ0v) is 11.1. The van der Waals surface area contributed by atoms with Crippen LogP contribution in [0.5, 0.6) is 0 Å². The monoisotopic (exact) mass is 249 g/mol. The van der Waals surface area contributed by atoms with E-state index in [2.05, 4.69) is 27.1 Å². The van der Waals surface area contributed by atoms with E-state index < -0.39 is 0 Å². The maximum absolute atomic E-state index is 5.82. The average Bonchev–Trinajstić information content (AvgIpc) is 2.39. The first-order valence-electron chi connectivity index (χ1n) is 6.61. The maximum atomic E-state index is 5.82. The van der Waals surface area contributed by atoms with Crippen molar-refractivity contribution in [2.75, 3.05) is 57.4 Å². The van der Waals surface area contributed by atoms with E-state index in [1.54, 1.807) is 6.20 Å². The molecule has 1 aliphatic heterocycles. The van der Waals surface area contributed by atoms with E-state index >= 15 is 0 Å². The second-order valence-corrected chi connectivity index (χ2v) is 4.87. The van der Waals surface area contributed by atoms with Crippen molar-refractivity contribution >= 4 is 11.5 Å². The number of nitrogens with two attached hydrogens (primary N) is 1. The molecule has 0 radical (unpaired) electrons. The number of hydrogen-bond donors (Lipinski definition) is 2. The van der Waals surface area contributed by atoms with Crippen LogP contribution >= 0.6 is 0 Å². The number of likely N-dealkylation sites (N-methyl/N-ethyl adjacent to an activating group) is 1. The summed E-state index contributed by atoms with van der Waals surface area (Å²) >= 11 is 0. The van der Waals surface area contributed by atoms with Gasteiger partial charge in [0.25, 0.3) is 0 Å². The summed E-state index contributed by atoms with van der Waals surface area (Å²) in [5.74, 6) is 0.802. The van der Waals surface area contributed by atoms with Crippen LogP contribution in [0.15, 0.2) is 18.3 Å². The first kappa shape index (κ1) is 13.1. The minimum absolute atomic E-state index is 0.720. The first-order chi connectivity index (χ1) is 8.75. The quantitative estimate of drug-likeness (QED) is 0.753. The standard InChI is InChI=1S/C13H23N5/c1-17-8-10-18(11-9-17)7-3-6-16-13-12(14)4-2-5-15-13/h2,4-5H,3,6-11,14H2,1H3,(H,15,16). The molecule has 18 heavy (non-hydrogen) atoms. The molecule has 0 aliphatic carbocycles. The number of nitrogen functional groups attached to an aromatic ring is 1. The second kappa shape index (κ2) is 6.56. The van der Waals surface area contributed by atoms with E-state index in [0.29, 0.717) is 0 Å². The molecule has 2 heterocycles. The molecule has 0 unspecified atom stereocenters. The zero-order valence-electron chi connectivity index (χ0n) is 11.1. The Balaban J connectivity index is 1.63. The third kappa shape index (κ3) is 3.85. The van der Waals surface area contributed by atoms with Gasteiger partial charge in [-0.15, -0.1) is 0 Å². The van der Waals surface area contributed by atoms with Crippen molar-refractivity contribution in [3.63, 3.8) is 0 Å². The Labute approximate surface area is 109 Å². The number of anilines is 2. The lowest BCUT2D eigenvalue weighted by Gasteiger charge is -2.32. The molecule has 0 bridgehead atoms. The van der Waals surface area contributed by atoms with Crippen LogP contribution in [0.2, 0.25) is 0 Å². The number of nitrogens with one attached hydrogen (secondary N) is 1. The van der Waals surface area contributed by atoms with Crippen LogP contribution in [0.4, 0.5) is 11.5 Å². The van der Waals surface area contributed by atoms with Crippen molar-refractivity contribution in [2.45, 2.75) is 6.42 Å². The van der Waals surface area contributed by atoms with E-state index in [4.69, 9.17) is 5.73 Å². The van der Waals surface area contributed by atoms with Gasteiger partial charge < -0.3 is 20.9 Å². The number of hydrogen-bond acceptors (Lipinski definition) is 5. The normalized spacial score (nSPS) is 17.8. The molecule has 0 saturated carbocycles. The van der Waals surface area contributed by atoms with E-state index in [1.807, 2.05) is 12.1 Å². The molecule has 0 amide bonds. The molecule has 0 aromatic carbocycles. The van der Waals surface area contributed by atoms with E-state index in [0.717, 1.165) is 31.0 Å². The zero-order chi connectivity index (χ0) is 12.8. The largest absolute Gasteiger partial charge is 0.396 e. The molecular formula is C13H23N5. The first-order valence-corrected chi connectivity index (χ1v) is 6.61. The van der Waals surface area contributed by atoms with Gasteiger partial charge in [-0.2, -0.15) is 0 Å². The highest BCUT2D eigenvalue weighted by Gasteiger charge is 2.12. The molecular weight excluding hydrogens is 226 g/mol. The van der Waals surface area contributed by atoms with E-state index in [1.165, 1.54) is 26.2 Å². The van der Waals surface area contributed by atoms with Gasteiger partial charge >= 0.3 is 0 Å². The topological polar surface area (TPSA) is 57.4 Å². The van der Waals surface area contributed by atoms with Gasteiger partial charge in [0.15, 0.2) is 0 Å². The van der Waals surface area contributed by atoms with Gasteiger partial charge in [0, 0.05) is 38.9 Å². The molecule has 0 atom stereocenters. The SMILES string of the molecule is CN1CCN(CCCNc2ncccc2N)CC1. The fraction of sp³-hybridized carbons (Fsp3) is 0.615. The number of rotatable bonds is 5. The van der Waals surface area contributed by atoms with E-state index in [-0.39, 0.29) is 0 Å². The Morgan fingerprint density at radius 1 is 1.33 bits per heavy atom. The van der Waals surface area contributed by atoms with Gasteiger partial charge in [-0.3, -0.25) is 0 Å². The van der Waals surface area contributed by atoms with Crippen molar-refractivity contribution in [1.29, 1.82) is 0 Å². The lowest BCUT2D eigenvalue weighted by Crippen LogP contribution is -2.44. The lowest BCUT2D eigenvalue weighted by molar-refractivity contribution is 0.154. The van der Waals surface area contributed by atoms with E-state index in [9.17, 15) is 0 Å². The third-order valence-electron chi connectivity index (χ3n) is 3.38. The Bertz CT molecular complexity index is 360. The van der Waals surface area contributed by atoms with Crippen molar-refractivity contribution < 1.29 is 0 Å². The summed E-state index contributed by atoms with van der Waals surface area (Å²) in [5, 5.41) is 3.29. The Morgan fingerprint density at radius 3 is 2.83 bits per heavy atom. The van der Waals surface area contributed by atoms with Gasteiger partial charge in [-0.1, -0.05) is 0 Å². The second-order valence-electron chi connectivity index (χ2n) is 4.87.